The van der Waals surface area contributed by atoms with Crippen molar-refractivity contribution in [1.82, 2.24) is 15.5 Å². The van der Waals surface area contributed by atoms with Gasteiger partial charge in [0.1, 0.15) is 11.6 Å². The van der Waals surface area contributed by atoms with Gasteiger partial charge in [0.15, 0.2) is 0 Å². The van der Waals surface area contributed by atoms with Gasteiger partial charge in [-0.25, -0.2) is 0 Å². The lowest BCUT2D eigenvalue weighted by molar-refractivity contribution is -0.146. The van der Waals surface area contributed by atoms with Gasteiger partial charge < -0.3 is 20.3 Å². The van der Waals surface area contributed by atoms with Crippen LogP contribution in [0.4, 0.5) is 0 Å². The van der Waals surface area contributed by atoms with E-state index in [-0.39, 0.29) is 36.3 Å². The number of fused-ring (bicyclic) bond motifs is 1. The predicted molar refractivity (Wildman–Crippen MR) is 144 cm³/mol. The van der Waals surface area contributed by atoms with Gasteiger partial charge in [-0.3, -0.25) is 14.4 Å². The van der Waals surface area contributed by atoms with Crippen LogP contribution < -0.4 is 10.6 Å². The van der Waals surface area contributed by atoms with Crippen molar-refractivity contribution in [3.63, 3.8) is 0 Å². The van der Waals surface area contributed by atoms with Crippen LogP contribution in [0.2, 0.25) is 5.02 Å². The molecule has 2 bridgehead atoms. The van der Waals surface area contributed by atoms with Crippen molar-refractivity contribution in [2.24, 2.45) is 11.8 Å². The maximum atomic E-state index is 14.2. The Hall–Kier alpha value is -2.38. The molecule has 2 N–H and O–H groups in total. The lowest BCUT2D eigenvalue weighted by Crippen LogP contribution is -2.56. The standard InChI is InChI=1S/C30H38ClN3O4/c1-29-16-17-30(38-29)24(23(29)26(35)32-21-8-4-2-5-9-21)28(37)34(18-19-12-14-20(31)15-13-19)25(30)27(36)33-22-10-6-3-7-11-22/h12-17,21-25H,2-11,18H2,1H3,(H,32,35)(H,33,36)/t23-,24+,25-,29-,30+/m1/s1. The molecule has 5 aliphatic rings. The summed E-state index contributed by atoms with van der Waals surface area (Å²) in [7, 11) is 0. The highest BCUT2D eigenvalue weighted by molar-refractivity contribution is 6.30. The third-order valence-corrected chi connectivity index (χ3v) is 9.75. The maximum Gasteiger partial charge on any atom is 0.246 e. The highest BCUT2D eigenvalue weighted by atomic mass is 35.5. The molecule has 7 nitrogen and oxygen atoms in total. The van der Waals surface area contributed by atoms with Crippen molar-refractivity contribution >= 4 is 29.3 Å². The smallest absolute Gasteiger partial charge is 0.246 e. The molecule has 3 aliphatic heterocycles. The molecule has 0 unspecified atom stereocenters. The fourth-order valence-corrected chi connectivity index (χ4v) is 7.78. The van der Waals surface area contributed by atoms with Gasteiger partial charge in [0.25, 0.3) is 0 Å². The number of likely N-dealkylation sites (tertiary alicyclic amines) is 1. The van der Waals surface area contributed by atoms with Gasteiger partial charge in [-0.05, 0) is 50.3 Å². The van der Waals surface area contributed by atoms with Gasteiger partial charge in [0.05, 0.1) is 17.4 Å². The van der Waals surface area contributed by atoms with E-state index in [1.807, 2.05) is 31.2 Å². The summed E-state index contributed by atoms with van der Waals surface area (Å²) in [5.41, 5.74) is -1.21. The number of hydrogen-bond donors (Lipinski definition) is 2. The predicted octanol–water partition coefficient (Wildman–Crippen LogP) is 4.28. The summed E-state index contributed by atoms with van der Waals surface area (Å²) < 4.78 is 6.66. The molecule has 38 heavy (non-hydrogen) atoms. The molecule has 1 spiro atoms. The van der Waals surface area contributed by atoms with E-state index in [4.69, 9.17) is 16.3 Å². The highest BCUT2D eigenvalue weighted by Gasteiger charge is 2.76. The molecule has 2 saturated carbocycles. The minimum atomic E-state index is -1.16. The van der Waals surface area contributed by atoms with Gasteiger partial charge in [0.2, 0.25) is 17.7 Å². The van der Waals surface area contributed by atoms with Crippen molar-refractivity contribution in [3.8, 4) is 0 Å². The van der Waals surface area contributed by atoms with E-state index < -0.39 is 29.1 Å². The molecule has 8 heteroatoms. The van der Waals surface area contributed by atoms with Crippen molar-refractivity contribution < 1.29 is 19.1 Å². The van der Waals surface area contributed by atoms with E-state index in [0.29, 0.717) is 5.02 Å². The normalized spacial score (nSPS) is 34.9. The molecule has 3 heterocycles. The van der Waals surface area contributed by atoms with E-state index in [0.717, 1.165) is 56.9 Å². The van der Waals surface area contributed by atoms with Crippen LogP contribution in [0.5, 0.6) is 0 Å². The van der Waals surface area contributed by atoms with Crippen LogP contribution in [-0.2, 0) is 25.7 Å². The van der Waals surface area contributed by atoms with Crippen LogP contribution in [0, 0.1) is 11.8 Å². The molecule has 1 aromatic carbocycles. The summed E-state index contributed by atoms with van der Waals surface area (Å²) in [6, 6.07) is 6.71. The lowest BCUT2D eigenvalue weighted by atomic mass is 9.70. The van der Waals surface area contributed by atoms with Crippen molar-refractivity contribution in [3.05, 3.63) is 47.0 Å². The Kier molecular flexibility index (Phi) is 6.79. The molecule has 3 amide bonds. The van der Waals surface area contributed by atoms with Gasteiger partial charge in [-0.2, -0.15) is 0 Å². The summed E-state index contributed by atoms with van der Waals surface area (Å²) in [6.45, 7) is 2.14. The topological polar surface area (TPSA) is 87.7 Å². The molecular weight excluding hydrogens is 502 g/mol. The Morgan fingerprint density at radius 2 is 1.50 bits per heavy atom. The lowest BCUT2D eigenvalue weighted by Gasteiger charge is -2.34. The molecule has 6 rings (SSSR count). The highest BCUT2D eigenvalue weighted by Crippen LogP contribution is 2.60. The first kappa shape index (κ1) is 25.9. The van der Waals surface area contributed by atoms with E-state index >= 15 is 0 Å². The van der Waals surface area contributed by atoms with Crippen LogP contribution in [-0.4, -0.2) is 51.9 Å². The number of nitrogens with one attached hydrogen (secondary N) is 2. The Bertz CT molecular complexity index is 1130. The summed E-state index contributed by atoms with van der Waals surface area (Å²) >= 11 is 6.10. The van der Waals surface area contributed by atoms with Crippen LogP contribution >= 0.6 is 11.6 Å². The number of carbonyl (C=O) groups is 3. The first-order valence-corrected chi connectivity index (χ1v) is 14.7. The Labute approximate surface area is 229 Å². The molecule has 2 aliphatic carbocycles. The van der Waals surface area contributed by atoms with Crippen LogP contribution in [0.25, 0.3) is 0 Å². The van der Waals surface area contributed by atoms with Gasteiger partial charge in [0, 0.05) is 23.7 Å². The number of rotatable bonds is 6. The number of benzene rings is 1. The van der Waals surface area contributed by atoms with Gasteiger partial charge in [-0.15, -0.1) is 0 Å². The molecule has 4 fully saturated rings. The summed E-state index contributed by atoms with van der Waals surface area (Å²) in [5.74, 6) is -1.94. The zero-order valence-electron chi connectivity index (χ0n) is 22.1. The quantitative estimate of drug-likeness (QED) is 0.528. The third kappa shape index (κ3) is 4.36. The zero-order valence-corrected chi connectivity index (χ0v) is 22.8. The molecule has 5 atom stereocenters. The first-order chi connectivity index (χ1) is 18.3. The fraction of sp³-hybridized carbons (Fsp3) is 0.633. The Balaban J connectivity index is 1.33. The van der Waals surface area contributed by atoms with Gasteiger partial charge in [-0.1, -0.05) is 74.4 Å². The van der Waals surface area contributed by atoms with E-state index in [1.54, 1.807) is 17.0 Å². The maximum absolute atomic E-state index is 14.2. The van der Waals surface area contributed by atoms with E-state index in [2.05, 4.69) is 10.6 Å². The van der Waals surface area contributed by atoms with Gasteiger partial charge >= 0.3 is 0 Å². The van der Waals surface area contributed by atoms with Crippen LogP contribution in [0.1, 0.15) is 76.7 Å². The molecule has 204 valence electrons. The van der Waals surface area contributed by atoms with Crippen molar-refractivity contribution in [2.45, 2.75) is 107 Å². The SMILES string of the molecule is C[C@]12C=C[C@]3(O1)[C@H](C(=O)N(Cc1ccc(Cl)cc1)[C@@H]3C(=O)NC1CCCCC1)[C@@H]2C(=O)NC1CCCCC1. The number of amides is 3. The summed E-state index contributed by atoms with van der Waals surface area (Å²) in [6.07, 6.45) is 14.4. The average Bonchev–Trinajstić information content (AvgIpc) is 3.47. The third-order valence-electron chi connectivity index (χ3n) is 9.50. The second-order valence-corrected chi connectivity index (χ2v) is 12.5. The van der Waals surface area contributed by atoms with E-state index in [9.17, 15) is 14.4 Å². The number of hydrogen-bond acceptors (Lipinski definition) is 4. The minimum Gasteiger partial charge on any atom is -0.356 e. The van der Waals surface area contributed by atoms with E-state index in [1.165, 1.54) is 12.8 Å². The number of halogens is 1. The zero-order chi connectivity index (χ0) is 26.5. The summed E-state index contributed by atoms with van der Waals surface area (Å²) in [5, 5.41) is 7.10. The average molecular weight is 540 g/mol. The first-order valence-electron chi connectivity index (χ1n) is 14.4. The Morgan fingerprint density at radius 1 is 0.921 bits per heavy atom. The Morgan fingerprint density at radius 3 is 2.11 bits per heavy atom. The second kappa shape index (κ2) is 9.98. The van der Waals surface area contributed by atoms with Crippen molar-refractivity contribution in [1.29, 1.82) is 0 Å². The van der Waals surface area contributed by atoms with Crippen LogP contribution in [0.15, 0.2) is 36.4 Å². The number of carbonyl (C=O) groups excluding carboxylic acids is 3. The fourth-order valence-electron chi connectivity index (χ4n) is 7.65. The van der Waals surface area contributed by atoms with Crippen molar-refractivity contribution in [2.75, 3.05) is 0 Å². The molecular formula is C30H38ClN3O4. The van der Waals surface area contributed by atoms with Crippen LogP contribution in [0.3, 0.4) is 0 Å². The largest absolute Gasteiger partial charge is 0.356 e. The number of ether oxygens (including phenoxy) is 1. The molecule has 1 aromatic rings. The number of nitrogens with zero attached hydrogens (tertiary/aromatic N) is 1. The molecule has 2 saturated heterocycles. The monoisotopic (exact) mass is 539 g/mol. The molecule has 0 aromatic heterocycles. The minimum absolute atomic E-state index is 0.0998. The molecule has 0 radical (unpaired) electrons. The second-order valence-electron chi connectivity index (χ2n) is 12.1. The summed E-state index contributed by atoms with van der Waals surface area (Å²) in [4.78, 5) is 43.6.